The summed E-state index contributed by atoms with van der Waals surface area (Å²) in [6, 6.07) is 21.0. The van der Waals surface area contributed by atoms with Crippen LogP contribution in [-0.2, 0) is 20.9 Å². The van der Waals surface area contributed by atoms with Gasteiger partial charge in [0, 0.05) is 50.3 Å². The summed E-state index contributed by atoms with van der Waals surface area (Å²) >= 11 is 0. The Morgan fingerprint density at radius 3 is 2.35 bits per heavy atom. The van der Waals surface area contributed by atoms with Crippen LogP contribution < -0.4 is 20.7 Å². The van der Waals surface area contributed by atoms with Gasteiger partial charge in [0.2, 0.25) is 17.7 Å². The predicted octanol–water partition coefficient (Wildman–Crippen LogP) is 3.01. The Hall–Kier alpha value is -6.64. The Morgan fingerprint density at radius 1 is 0.865 bits per heavy atom. The number of aryl methyl sites for hydroxylation is 1. The molecule has 2 fully saturated rings. The molecule has 0 aliphatic carbocycles. The van der Waals surface area contributed by atoms with Gasteiger partial charge < -0.3 is 20.3 Å². The summed E-state index contributed by atoms with van der Waals surface area (Å²) in [6.07, 6.45) is 1.72. The fourth-order valence-corrected chi connectivity index (χ4v) is 6.92. The molecule has 0 radical (unpaired) electrons. The summed E-state index contributed by atoms with van der Waals surface area (Å²) in [5.41, 5.74) is 9.42. The van der Waals surface area contributed by atoms with Gasteiger partial charge in [-0.05, 0) is 61.0 Å². The van der Waals surface area contributed by atoms with Crippen molar-refractivity contribution in [2.24, 2.45) is 0 Å². The van der Waals surface area contributed by atoms with Crippen molar-refractivity contribution in [2.75, 3.05) is 36.8 Å². The van der Waals surface area contributed by atoms with Crippen molar-refractivity contribution in [1.82, 2.24) is 34.9 Å². The number of benzene rings is 3. The molecule has 3 N–H and O–H groups in total. The molecule has 2 aromatic heterocycles. The average molecular weight is 700 g/mol. The third-order valence-electron chi connectivity index (χ3n) is 9.62. The van der Waals surface area contributed by atoms with E-state index in [9.17, 15) is 24.0 Å². The number of carbonyl (C=O) groups excluding carboxylic acids is 5. The molecular formula is C37H33N9O6. The first-order valence-corrected chi connectivity index (χ1v) is 16.9. The van der Waals surface area contributed by atoms with Crippen molar-refractivity contribution >= 4 is 52.1 Å². The lowest BCUT2D eigenvalue weighted by Crippen LogP contribution is -2.54. The number of nitrogens with one attached hydrogen (secondary N) is 1. The summed E-state index contributed by atoms with van der Waals surface area (Å²) in [7, 11) is 0. The minimum Gasteiger partial charge on any atom is -0.457 e. The van der Waals surface area contributed by atoms with E-state index in [1.54, 1.807) is 27.8 Å². The van der Waals surface area contributed by atoms with E-state index in [1.807, 2.05) is 54.6 Å². The number of hydrogen-bond acceptors (Lipinski definition) is 11. The summed E-state index contributed by atoms with van der Waals surface area (Å²) in [5, 5.41) is 7.62. The summed E-state index contributed by atoms with van der Waals surface area (Å²) in [6.45, 7) is 2.25. The lowest BCUT2D eigenvalue weighted by molar-refractivity contribution is -0.136. The van der Waals surface area contributed by atoms with Gasteiger partial charge >= 0.3 is 0 Å². The second-order valence-corrected chi connectivity index (χ2v) is 12.8. The molecule has 2 saturated heterocycles. The van der Waals surface area contributed by atoms with Gasteiger partial charge in [0.1, 0.15) is 35.4 Å². The Balaban J connectivity index is 0.909. The van der Waals surface area contributed by atoms with E-state index in [2.05, 4.69) is 20.2 Å². The smallest absolute Gasteiger partial charge is 0.262 e. The molecule has 8 rings (SSSR count). The maximum Gasteiger partial charge on any atom is 0.262 e. The maximum absolute atomic E-state index is 13.4. The van der Waals surface area contributed by atoms with E-state index in [0.717, 1.165) is 21.9 Å². The van der Waals surface area contributed by atoms with Crippen LogP contribution in [0.5, 0.6) is 11.5 Å². The number of amides is 5. The number of para-hydroxylation sites is 1. The highest BCUT2D eigenvalue weighted by molar-refractivity contribution is 6.23. The van der Waals surface area contributed by atoms with Crippen LogP contribution in [0, 0.1) is 0 Å². The fraction of sp³-hybridized carbons (Fsp3) is 0.243. The number of ether oxygens (including phenoxy) is 1. The zero-order valence-electron chi connectivity index (χ0n) is 27.9. The van der Waals surface area contributed by atoms with E-state index in [1.165, 1.54) is 6.33 Å². The number of nitrogens with zero attached hydrogens (tertiary/aromatic N) is 7. The first kappa shape index (κ1) is 32.6. The summed E-state index contributed by atoms with van der Waals surface area (Å²) < 4.78 is 7.61. The third kappa shape index (κ3) is 5.95. The lowest BCUT2D eigenvalue weighted by Gasteiger charge is -2.36. The largest absolute Gasteiger partial charge is 0.457 e. The van der Waals surface area contributed by atoms with Crippen LogP contribution >= 0.6 is 0 Å². The monoisotopic (exact) mass is 699 g/mol. The second kappa shape index (κ2) is 13.2. The molecule has 0 spiro atoms. The zero-order valence-corrected chi connectivity index (χ0v) is 27.9. The number of fused-ring (bicyclic) bond motifs is 2. The van der Waals surface area contributed by atoms with E-state index in [4.69, 9.17) is 15.6 Å². The molecule has 0 bridgehead atoms. The second-order valence-electron chi connectivity index (χ2n) is 12.8. The number of aromatic nitrogens is 4. The average Bonchev–Trinajstić information content (AvgIpc) is 3.66. The number of hydrogen-bond donors (Lipinski definition) is 2. The number of rotatable bonds is 8. The fourth-order valence-electron chi connectivity index (χ4n) is 6.92. The Bertz CT molecular complexity index is 2250. The van der Waals surface area contributed by atoms with Crippen molar-refractivity contribution in [3.05, 3.63) is 90.3 Å². The first-order chi connectivity index (χ1) is 25.2. The number of piperazine rings is 1. The molecular weight excluding hydrogens is 666 g/mol. The predicted molar refractivity (Wildman–Crippen MR) is 188 cm³/mol. The number of piperidine rings is 1. The highest BCUT2D eigenvalue weighted by Crippen LogP contribution is 2.33. The van der Waals surface area contributed by atoms with E-state index >= 15 is 0 Å². The number of anilines is 2. The van der Waals surface area contributed by atoms with Crippen LogP contribution in [0.4, 0.5) is 11.5 Å². The first-order valence-electron chi connectivity index (χ1n) is 16.9. The number of imide groups is 2. The molecule has 5 heterocycles. The van der Waals surface area contributed by atoms with Crippen LogP contribution in [0.1, 0.15) is 40.0 Å². The third-order valence-corrected chi connectivity index (χ3v) is 9.62. The van der Waals surface area contributed by atoms with Gasteiger partial charge in [0.05, 0.1) is 23.1 Å². The van der Waals surface area contributed by atoms with E-state index < -0.39 is 29.7 Å². The molecule has 52 heavy (non-hydrogen) atoms. The standard InChI is InChI=1S/C37H33N9O6/c38-33-31-32(22-6-9-25(10-7-22)52-24-4-2-1-3-5-24)42-45(34(31)40-21-39-33)15-14-30(48)44-18-16-43(17-19-44)23-8-11-26-27(20-23)37(51)46(36(26)50)28-12-13-29(47)41-35(28)49/h1-11,20-21,28H,12-19H2,(H2,38,39,40)(H,41,47,49). The van der Waals surface area contributed by atoms with Crippen LogP contribution in [0.3, 0.4) is 0 Å². The quantitative estimate of drug-likeness (QED) is 0.227. The molecule has 1 unspecified atom stereocenters. The molecule has 262 valence electrons. The van der Waals surface area contributed by atoms with Crippen molar-refractivity contribution in [3.63, 3.8) is 0 Å². The molecule has 5 amide bonds. The van der Waals surface area contributed by atoms with Crippen molar-refractivity contribution in [1.29, 1.82) is 0 Å². The minimum absolute atomic E-state index is 0.0381. The lowest BCUT2D eigenvalue weighted by atomic mass is 10.0. The SMILES string of the molecule is Nc1ncnc2c1c(-c1ccc(Oc3ccccc3)cc1)nn2CCC(=O)N1CCN(c2ccc3c(c2)C(=O)N(C2CCC(=O)NC2=O)C3=O)CC1. The molecule has 3 aliphatic heterocycles. The maximum atomic E-state index is 13.4. The van der Waals surface area contributed by atoms with Crippen LogP contribution in [0.15, 0.2) is 79.1 Å². The van der Waals surface area contributed by atoms with Gasteiger partial charge in [-0.15, -0.1) is 0 Å². The van der Waals surface area contributed by atoms with E-state index in [-0.39, 0.29) is 42.8 Å². The van der Waals surface area contributed by atoms with Crippen molar-refractivity contribution in [2.45, 2.75) is 31.8 Å². The highest BCUT2D eigenvalue weighted by Gasteiger charge is 2.44. The Morgan fingerprint density at radius 2 is 1.60 bits per heavy atom. The molecule has 3 aliphatic rings. The number of nitrogen functional groups attached to an aromatic ring is 1. The summed E-state index contributed by atoms with van der Waals surface area (Å²) in [5.74, 6) is -0.520. The van der Waals surface area contributed by atoms with Gasteiger partial charge in [-0.1, -0.05) is 18.2 Å². The highest BCUT2D eigenvalue weighted by atomic mass is 16.5. The topological polar surface area (TPSA) is 186 Å². The van der Waals surface area contributed by atoms with Gasteiger partial charge in [-0.3, -0.25) is 34.2 Å². The van der Waals surface area contributed by atoms with Gasteiger partial charge in [-0.25, -0.2) is 14.6 Å². The number of nitrogens with two attached hydrogens (primary N) is 1. The normalized spacial score (nSPS) is 17.5. The summed E-state index contributed by atoms with van der Waals surface area (Å²) in [4.78, 5) is 77.2. The van der Waals surface area contributed by atoms with Crippen LogP contribution in [0.2, 0.25) is 0 Å². The van der Waals surface area contributed by atoms with Crippen molar-refractivity contribution < 1.29 is 28.7 Å². The minimum atomic E-state index is -1.02. The Kier molecular flexibility index (Phi) is 8.29. The molecule has 3 aromatic carbocycles. The molecule has 0 saturated carbocycles. The molecule has 15 heteroatoms. The van der Waals surface area contributed by atoms with Gasteiger partial charge in [0.25, 0.3) is 11.8 Å². The molecule has 5 aromatic rings. The van der Waals surface area contributed by atoms with Crippen molar-refractivity contribution in [3.8, 4) is 22.8 Å². The van der Waals surface area contributed by atoms with Gasteiger partial charge in [-0.2, -0.15) is 5.10 Å². The van der Waals surface area contributed by atoms with Crippen LogP contribution in [-0.4, -0.2) is 91.3 Å². The van der Waals surface area contributed by atoms with Gasteiger partial charge in [0.15, 0.2) is 5.65 Å². The zero-order chi connectivity index (χ0) is 35.9. The van der Waals surface area contributed by atoms with E-state index in [0.29, 0.717) is 54.5 Å². The van der Waals surface area contributed by atoms with Crippen LogP contribution in [0.25, 0.3) is 22.3 Å². The Labute approximate surface area is 297 Å². The number of carbonyl (C=O) groups is 5. The molecule has 15 nitrogen and oxygen atoms in total. The molecule has 1 atom stereocenters.